The van der Waals surface area contributed by atoms with Gasteiger partial charge < -0.3 is 19.6 Å². The molecule has 3 aromatic heterocycles. The highest BCUT2D eigenvalue weighted by atomic mass is 16.4. The zero-order chi connectivity index (χ0) is 17.6. The zero-order valence-electron chi connectivity index (χ0n) is 14.4. The summed E-state index contributed by atoms with van der Waals surface area (Å²) in [6, 6.07) is 4.05. The quantitative estimate of drug-likeness (QED) is 0.748. The lowest BCUT2D eigenvalue weighted by atomic mass is 9.94. The number of likely N-dealkylation sites (tertiary alicyclic amines) is 1. The standard InChI is InChI=1S/C18H20N6O2/c25-14(24-8-5-18(3-4-18)6-9-24)11-21-17-23-22-16(26-17)13-10-20-15-12(13)2-1-7-19-15/h1-2,7,10H,3-6,8-9,11H2,(H,19,20)(H,21,23). The molecule has 3 aromatic rings. The van der Waals surface area contributed by atoms with Crippen molar-refractivity contribution in [2.45, 2.75) is 25.7 Å². The largest absolute Gasteiger partial charge is 0.403 e. The minimum Gasteiger partial charge on any atom is -0.403 e. The zero-order valence-corrected chi connectivity index (χ0v) is 14.4. The maximum Gasteiger partial charge on any atom is 0.316 e. The maximum atomic E-state index is 12.4. The van der Waals surface area contributed by atoms with Gasteiger partial charge in [0.15, 0.2) is 0 Å². The van der Waals surface area contributed by atoms with E-state index < -0.39 is 0 Å². The average Bonchev–Trinajstić information content (AvgIpc) is 3.10. The Morgan fingerprint density at radius 2 is 2.12 bits per heavy atom. The highest BCUT2D eigenvalue weighted by Gasteiger charge is 2.44. The average molecular weight is 352 g/mol. The van der Waals surface area contributed by atoms with Crippen molar-refractivity contribution in [3.8, 4) is 11.5 Å². The first-order chi connectivity index (χ1) is 12.7. The minimum absolute atomic E-state index is 0.0801. The molecule has 1 aliphatic carbocycles. The maximum absolute atomic E-state index is 12.4. The first-order valence-electron chi connectivity index (χ1n) is 9.00. The molecule has 2 aliphatic rings. The van der Waals surface area contributed by atoms with Gasteiger partial charge in [0.05, 0.1) is 12.1 Å². The van der Waals surface area contributed by atoms with Crippen molar-refractivity contribution in [3.63, 3.8) is 0 Å². The SMILES string of the molecule is O=C(CNc1nnc(-c2c[nH]c3ncccc23)o1)N1CCC2(CC1)CC2. The number of H-pyrrole nitrogens is 1. The molecule has 0 atom stereocenters. The molecule has 1 spiro atoms. The smallest absolute Gasteiger partial charge is 0.316 e. The van der Waals surface area contributed by atoms with Crippen LogP contribution in [0.2, 0.25) is 0 Å². The topological polar surface area (TPSA) is 99.9 Å². The molecular formula is C18H20N6O2. The Morgan fingerprint density at radius 3 is 2.92 bits per heavy atom. The Kier molecular flexibility index (Phi) is 3.44. The van der Waals surface area contributed by atoms with Gasteiger partial charge in [0.25, 0.3) is 5.89 Å². The molecule has 2 fully saturated rings. The Morgan fingerprint density at radius 1 is 1.27 bits per heavy atom. The molecule has 1 saturated heterocycles. The summed E-state index contributed by atoms with van der Waals surface area (Å²) in [7, 11) is 0. The fourth-order valence-corrected chi connectivity index (χ4v) is 3.71. The molecule has 26 heavy (non-hydrogen) atoms. The molecule has 5 rings (SSSR count). The van der Waals surface area contributed by atoms with Crippen molar-refractivity contribution in [1.82, 2.24) is 25.1 Å². The van der Waals surface area contributed by atoms with Gasteiger partial charge in [-0.2, -0.15) is 0 Å². The van der Waals surface area contributed by atoms with E-state index in [1.165, 1.54) is 12.8 Å². The van der Waals surface area contributed by atoms with Crippen molar-refractivity contribution >= 4 is 23.0 Å². The Bertz CT molecular complexity index is 947. The predicted molar refractivity (Wildman–Crippen MR) is 95.4 cm³/mol. The summed E-state index contributed by atoms with van der Waals surface area (Å²) in [6.07, 6.45) is 8.46. The van der Waals surface area contributed by atoms with Crippen molar-refractivity contribution in [1.29, 1.82) is 0 Å². The summed E-state index contributed by atoms with van der Waals surface area (Å²) < 4.78 is 5.67. The van der Waals surface area contributed by atoms with E-state index >= 15 is 0 Å². The second-order valence-electron chi connectivity index (χ2n) is 7.25. The third-order valence-corrected chi connectivity index (χ3v) is 5.63. The number of carbonyl (C=O) groups is 1. The number of nitrogens with one attached hydrogen (secondary N) is 2. The summed E-state index contributed by atoms with van der Waals surface area (Å²) >= 11 is 0. The van der Waals surface area contributed by atoms with Gasteiger partial charge in [-0.3, -0.25) is 4.79 Å². The molecule has 0 aromatic carbocycles. The Labute approximate surface area is 150 Å². The molecule has 8 nitrogen and oxygen atoms in total. The van der Waals surface area contributed by atoms with Gasteiger partial charge >= 0.3 is 6.01 Å². The van der Waals surface area contributed by atoms with Crippen LogP contribution in [0.15, 0.2) is 28.9 Å². The molecule has 1 saturated carbocycles. The number of amides is 1. The molecule has 0 radical (unpaired) electrons. The van der Waals surface area contributed by atoms with Crippen LogP contribution < -0.4 is 5.32 Å². The third-order valence-electron chi connectivity index (χ3n) is 5.63. The molecule has 134 valence electrons. The van der Waals surface area contributed by atoms with Crippen LogP contribution in [0, 0.1) is 5.41 Å². The van der Waals surface area contributed by atoms with Crippen LogP contribution in [0.1, 0.15) is 25.7 Å². The third kappa shape index (κ3) is 2.71. The first kappa shape index (κ1) is 15.4. The summed E-state index contributed by atoms with van der Waals surface area (Å²) in [6.45, 7) is 1.89. The van der Waals surface area contributed by atoms with Crippen LogP contribution in [-0.4, -0.2) is 50.6 Å². The fraction of sp³-hybridized carbons (Fsp3) is 0.444. The van der Waals surface area contributed by atoms with Crippen LogP contribution in [0.25, 0.3) is 22.5 Å². The van der Waals surface area contributed by atoms with Crippen molar-refractivity contribution in [2.75, 3.05) is 25.0 Å². The van der Waals surface area contributed by atoms with Gasteiger partial charge in [-0.05, 0) is 43.2 Å². The number of aromatic nitrogens is 4. The van der Waals surface area contributed by atoms with Gasteiger partial charge in [-0.15, -0.1) is 5.10 Å². The summed E-state index contributed by atoms with van der Waals surface area (Å²) in [4.78, 5) is 21.6. The van der Waals surface area contributed by atoms with Gasteiger partial charge in [0, 0.05) is 30.9 Å². The first-order valence-corrected chi connectivity index (χ1v) is 9.00. The van der Waals surface area contributed by atoms with E-state index in [1.54, 1.807) is 12.4 Å². The number of nitrogens with zero attached hydrogens (tertiary/aromatic N) is 4. The van der Waals surface area contributed by atoms with Gasteiger partial charge in [-0.1, -0.05) is 5.10 Å². The molecule has 1 amide bonds. The number of fused-ring (bicyclic) bond motifs is 1. The number of aromatic amines is 1. The van der Waals surface area contributed by atoms with E-state index in [0.717, 1.165) is 42.5 Å². The second-order valence-corrected chi connectivity index (χ2v) is 7.25. The van der Waals surface area contributed by atoms with Crippen LogP contribution in [-0.2, 0) is 4.79 Å². The normalized spacial score (nSPS) is 18.4. The van der Waals surface area contributed by atoms with Gasteiger partial charge in [0.2, 0.25) is 5.91 Å². The van der Waals surface area contributed by atoms with Crippen LogP contribution in [0.5, 0.6) is 0 Å². The molecule has 8 heteroatoms. The minimum atomic E-state index is 0.0801. The van der Waals surface area contributed by atoms with Crippen LogP contribution >= 0.6 is 0 Å². The van der Waals surface area contributed by atoms with Crippen molar-refractivity contribution in [2.24, 2.45) is 5.41 Å². The van der Waals surface area contributed by atoms with E-state index in [1.807, 2.05) is 17.0 Å². The van der Waals surface area contributed by atoms with Gasteiger partial charge in [-0.25, -0.2) is 4.98 Å². The number of carbonyl (C=O) groups excluding carboxylic acids is 1. The molecule has 0 unspecified atom stereocenters. The lowest BCUT2D eigenvalue weighted by Gasteiger charge is -2.32. The second kappa shape index (κ2) is 5.82. The molecular weight excluding hydrogens is 332 g/mol. The summed E-state index contributed by atoms with van der Waals surface area (Å²) in [5.41, 5.74) is 2.13. The van der Waals surface area contributed by atoms with Crippen LogP contribution in [0.3, 0.4) is 0 Å². The van der Waals surface area contributed by atoms with E-state index in [-0.39, 0.29) is 18.5 Å². The van der Waals surface area contributed by atoms with E-state index in [9.17, 15) is 4.79 Å². The van der Waals surface area contributed by atoms with Crippen LogP contribution in [0.4, 0.5) is 6.01 Å². The molecule has 4 heterocycles. The summed E-state index contributed by atoms with van der Waals surface area (Å²) in [5.74, 6) is 0.476. The monoisotopic (exact) mass is 352 g/mol. The predicted octanol–water partition coefficient (Wildman–Crippen LogP) is 2.43. The number of pyridine rings is 1. The van der Waals surface area contributed by atoms with E-state index in [2.05, 4.69) is 25.5 Å². The van der Waals surface area contributed by atoms with Crippen molar-refractivity contribution in [3.05, 3.63) is 24.5 Å². The highest BCUT2D eigenvalue weighted by molar-refractivity contribution is 5.91. The lowest BCUT2D eigenvalue weighted by molar-refractivity contribution is -0.130. The lowest BCUT2D eigenvalue weighted by Crippen LogP contribution is -2.41. The molecule has 0 bridgehead atoms. The van der Waals surface area contributed by atoms with Crippen molar-refractivity contribution < 1.29 is 9.21 Å². The summed E-state index contributed by atoms with van der Waals surface area (Å²) in [5, 5.41) is 11.9. The highest BCUT2D eigenvalue weighted by Crippen LogP contribution is 2.53. The van der Waals surface area contributed by atoms with Gasteiger partial charge in [0.1, 0.15) is 5.65 Å². The Balaban J connectivity index is 1.22. The van der Waals surface area contributed by atoms with E-state index in [0.29, 0.717) is 11.3 Å². The molecule has 1 aliphatic heterocycles. The number of piperidine rings is 1. The number of hydrogen-bond donors (Lipinski definition) is 2. The number of anilines is 1. The van der Waals surface area contributed by atoms with E-state index in [4.69, 9.17) is 4.42 Å². The Hall–Kier alpha value is -2.90. The number of rotatable bonds is 4. The number of hydrogen-bond acceptors (Lipinski definition) is 6. The molecule has 2 N–H and O–H groups in total. The fourth-order valence-electron chi connectivity index (χ4n) is 3.71.